The smallest absolute Gasteiger partial charge is 0.303 e. The van der Waals surface area contributed by atoms with Gasteiger partial charge in [-0.1, -0.05) is 32.1 Å². The Morgan fingerprint density at radius 2 is 1.94 bits per heavy atom. The summed E-state index contributed by atoms with van der Waals surface area (Å²) in [6, 6.07) is 0. The number of alkyl halides is 1. The summed E-state index contributed by atoms with van der Waals surface area (Å²) in [7, 11) is 0. The van der Waals surface area contributed by atoms with Crippen molar-refractivity contribution < 1.29 is 33.4 Å². The van der Waals surface area contributed by atoms with Crippen LogP contribution in [0.25, 0.3) is 0 Å². The lowest BCUT2D eigenvalue weighted by Crippen LogP contribution is -2.67. The molecule has 7 atom stereocenters. The summed E-state index contributed by atoms with van der Waals surface area (Å²) >= 11 is 0. The van der Waals surface area contributed by atoms with Crippen molar-refractivity contribution in [2.45, 2.75) is 51.8 Å². The van der Waals surface area contributed by atoms with Gasteiger partial charge in [-0.15, -0.1) is 0 Å². The maximum Gasteiger partial charge on any atom is 0.303 e. The van der Waals surface area contributed by atoms with E-state index in [1.54, 1.807) is 32.9 Å². The molecule has 166 valence electrons. The number of esters is 1. The van der Waals surface area contributed by atoms with Gasteiger partial charge in [-0.2, -0.15) is 0 Å². The normalized spacial score (nSPS) is 45.5. The highest BCUT2D eigenvalue weighted by atomic mass is 19.1. The minimum Gasteiger partial charge on any atom is -0.458 e. The molecular formula is C24H27FO6. The average molecular weight is 430 g/mol. The summed E-state index contributed by atoms with van der Waals surface area (Å²) in [6.45, 7) is 5.56. The predicted molar refractivity (Wildman–Crippen MR) is 108 cm³/mol. The van der Waals surface area contributed by atoms with Crippen LogP contribution in [0, 0.1) is 28.6 Å². The van der Waals surface area contributed by atoms with Gasteiger partial charge < -0.3 is 9.84 Å². The molecular weight excluding hydrogens is 403 g/mol. The van der Waals surface area contributed by atoms with Crippen LogP contribution in [0.3, 0.4) is 0 Å². The van der Waals surface area contributed by atoms with Crippen LogP contribution >= 0.6 is 0 Å². The summed E-state index contributed by atoms with van der Waals surface area (Å²) in [5.41, 5.74) is -6.28. The maximum absolute atomic E-state index is 16.9. The van der Waals surface area contributed by atoms with E-state index in [9.17, 15) is 24.3 Å². The molecule has 0 radical (unpaired) electrons. The molecule has 0 bridgehead atoms. The van der Waals surface area contributed by atoms with Gasteiger partial charge in [0, 0.05) is 24.7 Å². The van der Waals surface area contributed by atoms with Crippen molar-refractivity contribution in [3.05, 3.63) is 36.0 Å². The van der Waals surface area contributed by atoms with Crippen LogP contribution in [0.5, 0.6) is 0 Å². The number of hydrogen-bond acceptors (Lipinski definition) is 6. The zero-order chi connectivity index (χ0) is 23.0. The van der Waals surface area contributed by atoms with Gasteiger partial charge in [0.05, 0.1) is 5.41 Å². The third-order valence-electron chi connectivity index (χ3n) is 8.39. The molecule has 0 spiro atoms. The molecule has 31 heavy (non-hydrogen) atoms. The number of ether oxygens (including phenoxy) is 1. The monoisotopic (exact) mass is 430 g/mol. The molecule has 2 fully saturated rings. The first kappa shape index (κ1) is 21.8. The number of aliphatic hydroxyl groups is 1. The van der Waals surface area contributed by atoms with E-state index in [-0.39, 0.29) is 12.2 Å². The van der Waals surface area contributed by atoms with Crippen LogP contribution in [-0.2, 0) is 23.9 Å². The number of carbonyl (C=O) groups is 4. The first-order chi connectivity index (χ1) is 14.3. The van der Waals surface area contributed by atoms with Crippen LogP contribution in [-0.4, -0.2) is 46.3 Å². The first-order valence-corrected chi connectivity index (χ1v) is 10.6. The standard InChI is InChI=1S/C24H27FO6/c1-13-9-18-17-6-5-15-10-16(27)7-8-21(15,3)23(17,25)19(28)11-22(18,4)24(13,30)20(29)12-31-14(2)26/h5-8,10,13,17-18,30H,9,11-12H2,1-4H3/t13?,17-,18-,21-,22-,23-,24-/m0/s1. The van der Waals surface area contributed by atoms with Crippen molar-refractivity contribution >= 4 is 23.3 Å². The number of fused-ring (bicyclic) bond motifs is 5. The van der Waals surface area contributed by atoms with Crippen LogP contribution < -0.4 is 0 Å². The summed E-state index contributed by atoms with van der Waals surface area (Å²) in [5.74, 6) is -4.17. The number of rotatable bonds is 3. The minimum atomic E-state index is -2.29. The van der Waals surface area contributed by atoms with Crippen LogP contribution in [0.4, 0.5) is 4.39 Å². The van der Waals surface area contributed by atoms with Crippen LogP contribution in [0.15, 0.2) is 36.0 Å². The third-order valence-corrected chi connectivity index (χ3v) is 8.39. The summed E-state index contributed by atoms with van der Waals surface area (Å²) in [5, 5.41) is 11.6. The zero-order valence-electron chi connectivity index (χ0n) is 18.1. The molecule has 0 amide bonds. The molecule has 0 aromatic heterocycles. The highest BCUT2D eigenvalue weighted by Crippen LogP contribution is 2.68. The Bertz CT molecular complexity index is 994. The number of halogens is 1. The first-order valence-electron chi connectivity index (χ1n) is 10.6. The van der Waals surface area contributed by atoms with E-state index in [2.05, 4.69) is 0 Å². The Balaban J connectivity index is 1.81. The number of hydrogen-bond donors (Lipinski definition) is 1. The number of ketones is 3. The van der Waals surface area contributed by atoms with Gasteiger partial charge in [0.25, 0.3) is 0 Å². The Morgan fingerprint density at radius 1 is 1.26 bits per heavy atom. The van der Waals surface area contributed by atoms with Crippen molar-refractivity contribution in [2.24, 2.45) is 28.6 Å². The Labute approximate surface area is 180 Å². The average Bonchev–Trinajstić information content (AvgIpc) is 2.89. The molecule has 7 heteroatoms. The number of Topliss-reactive ketones (excluding diaryl/α,β-unsaturated/α-hetero) is 2. The van der Waals surface area contributed by atoms with Gasteiger partial charge in [0.15, 0.2) is 23.8 Å². The fraction of sp³-hybridized carbons (Fsp3) is 0.583. The highest BCUT2D eigenvalue weighted by molar-refractivity contribution is 6.03. The van der Waals surface area contributed by atoms with Gasteiger partial charge >= 0.3 is 5.97 Å². The van der Waals surface area contributed by atoms with Gasteiger partial charge in [-0.05, 0) is 42.9 Å². The lowest BCUT2D eigenvalue weighted by atomic mass is 9.46. The second-order valence-corrected chi connectivity index (χ2v) is 9.86. The number of carbonyl (C=O) groups excluding carboxylic acids is 4. The van der Waals surface area contributed by atoms with E-state index in [4.69, 9.17) is 4.74 Å². The SMILES string of the molecule is CC(=O)OCC(=O)[C@@]1(O)C(C)C[C@H]2[C@@H]3C=CC4=CC(=O)C=C[C@]4(C)[C@@]3(F)C(=O)C[C@@]21C. The largest absolute Gasteiger partial charge is 0.458 e. The lowest BCUT2D eigenvalue weighted by Gasteiger charge is -2.57. The van der Waals surface area contributed by atoms with E-state index in [1.807, 2.05) is 0 Å². The van der Waals surface area contributed by atoms with Crippen LogP contribution in [0.1, 0.15) is 40.5 Å². The molecule has 0 aromatic carbocycles. The minimum absolute atomic E-state index is 0.257. The zero-order valence-corrected chi connectivity index (χ0v) is 18.1. The van der Waals surface area contributed by atoms with Gasteiger partial charge in [0.2, 0.25) is 5.78 Å². The van der Waals surface area contributed by atoms with Gasteiger partial charge in [0.1, 0.15) is 5.60 Å². The van der Waals surface area contributed by atoms with E-state index < -0.39 is 64.0 Å². The van der Waals surface area contributed by atoms with Crippen molar-refractivity contribution in [1.82, 2.24) is 0 Å². The van der Waals surface area contributed by atoms with Crippen molar-refractivity contribution in [3.63, 3.8) is 0 Å². The van der Waals surface area contributed by atoms with E-state index in [0.29, 0.717) is 12.0 Å². The van der Waals surface area contributed by atoms with E-state index in [0.717, 1.165) is 0 Å². The second kappa shape index (κ2) is 6.55. The summed E-state index contributed by atoms with van der Waals surface area (Å²) < 4.78 is 21.7. The molecule has 4 aliphatic rings. The quantitative estimate of drug-likeness (QED) is 0.691. The Hall–Kier alpha value is -2.41. The highest BCUT2D eigenvalue weighted by Gasteiger charge is 2.75. The molecule has 2 saturated carbocycles. The van der Waals surface area contributed by atoms with Crippen molar-refractivity contribution in [1.29, 1.82) is 0 Å². The fourth-order valence-corrected chi connectivity index (χ4v) is 6.62. The predicted octanol–water partition coefficient (Wildman–Crippen LogP) is 2.45. The number of allylic oxidation sites excluding steroid dienone is 6. The third kappa shape index (κ3) is 2.52. The topological polar surface area (TPSA) is 97.7 Å². The lowest BCUT2D eigenvalue weighted by molar-refractivity contribution is -0.182. The van der Waals surface area contributed by atoms with Crippen molar-refractivity contribution in [3.8, 4) is 0 Å². The molecule has 6 nitrogen and oxygen atoms in total. The second-order valence-electron chi connectivity index (χ2n) is 9.86. The van der Waals surface area contributed by atoms with E-state index >= 15 is 4.39 Å². The molecule has 4 aliphatic carbocycles. The fourth-order valence-electron chi connectivity index (χ4n) is 6.62. The molecule has 0 heterocycles. The molecule has 1 unspecified atom stereocenters. The summed E-state index contributed by atoms with van der Waals surface area (Å²) in [4.78, 5) is 49.5. The molecule has 1 N–H and O–H groups in total. The Kier molecular flexibility index (Phi) is 4.60. The van der Waals surface area contributed by atoms with E-state index in [1.165, 1.54) is 25.2 Å². The Morgan fingerprint density at radius 3 is 2.58 bits per heavy atom. The van der Waals surface area contributed by atoms with Gasteiger partial charge in [-0.25, -0.2) is 4.39 Å². The molecule has 4 rings (SSSR count). The van der Waals surface area contributed by atoms with Crippen LogP contribution in [0.2, 0.25) is 0 Å². The molecule has 0 saturated heterocycles. The summed E-state index contributed by atoms with van der Waals surface area (Å²) in [6.07, 6.45) is 7.43. The molecule has 0 aromatic rings. The molecule has 0 aliphatic heterocycles. The van der Waals surface area contributed by atoms with Crippen molar-refractivity contribution in [2.75, 3.05) is 6.61 Å². The van der Waals surface area contributed by atoms with Gasteiger partial charge in [-0.3, -0.25) is 19.2 Å². The maximum atomic E-state index is 16.9.